The number of rotatable bonds is 4. The van der Waals surface area contributed by atoms with Crippen LogP contribution in [0.15, 0.2) is 17.4 Å². The molecule has 2 rings (SSSR count). The van der Waals surface area contributed by atoms with Crippen LogP contribution < -0.4 is 10.6 Å². The second-order valence-electron chi connectivity index (χ2n) is 5.43. The molecule has 1 aromatic rings. The highest BCUT2D eigenvalue weighted by Crippen LogP contribution is 2.19. The van der Waals surface area contributed by atoms with Gasteiger partial charge in [-0.3, -0.25) is 14.6 Å². The molecule has 1 aromatic heterocycles. The first-order chi connectivity index (χ1) is 10.4. The number of nitrogens with one attached hydrogen (secondary N) is 2. The molecule has 1 fully saturated rings. The SMILES string of the molecule is CN=C(NCc1cnn(C)c1)NC1CCN(CC(F)(F)F)C1.I. The van der Waals surface area contributed by atoms with Crippen molar-refractivity contribution in [2.75, 3.05) is 26.7 Å². The van der Waals surface area contributed by atoms with E-state index in [-0.39, 0.29) is 30.0 Å². The zero-order chi connectivity index (χ0) is 16.2. The number of hydrogen-bond donors (Lipinski definition) is 2. The molecule has 1 saturated heterocycles. The number of nitrogens with zero attached hydrogens (tertiary/aromatic N) is 4. The first kappa shape index (κ1) is 20.0. The maximum absolute atomic E-state index is 12.4. The van der Waals surface area contributed by atoms with Gasteiger partial charge in [0.2, 0.25) is 0 Å². The Bertz CT molecular complexity index is 516. The van der Waals surface area contributed by atoms with Gasteiger partial charge in [0.05, 0.1) is 12.7 Å². The lowest BCUT2D eigenvalue weighted by atomic mass is 10.3. The summed E-state index contributed by atoms with van der Waals surface area (Å²) in [4.78, 5) is 5.51. The third-order valence-electron chi connectivity index (χ3n) is 3.46. The quantitative estimate of drug-likeness (QED) is 0.417. The molecule has 1 aliphatic heterocycles. The van der Waals surface area contributed by atoms with Crippen LogP contribution in [0.3, 0.4) is 0 Å². The fourth-order valence-electron chi connectivity index (χ4n) is 2.48. The van der Waals surface area contributed by atoms with E-state index in [4.69, 9.17) is 0 Å². The van der Waals surface area contributed by atoms with Crippen molar-refractivity contribution in [1.29, 1.82) is 0 Å². The van der Waals surface area contributed by atoms with Gasteiger partial charge in [0.15, 0.2) is 5.96 Å². The highest BCUT2D eigenvalue weighted by molar-refractivity contribution is 14.0. The summed E-state index contributed by atoms with van der Waals surface area (Å²) in [5, 5.41) is 10.4. The van der Waals surface area contributed by atoms with Crippen molar-refractivity contribution in [2.45, 2.75) is 25.2 Å². The van der Waals surface area contributed by atoms with E-state index in [1.54, 1.807) is 17.9 Å². The van der Waals surface area contributed by atoms with Crippen LogP contribution in [0.5, 0.6) is 0 Å². The Morgan fingerprint density at radius 2 is 2.22 bits per heavy atom. The van der Waals surface area contributed by atoms with Gasteiger partial charge in [0, 0.05) is 51.5 Å². The van der Waals surface area contributed by atoms with Gasteiger partial charge in [-0.1, -0.05) is 0 Å². The molecule has 0 radical (unpaired) electrons. The maximum Gasteiger partial charge on any atom is 0.401 e. The predicted octanol–water partition coefficient (Wildman–Crippen LogP) is 1.34. The van der Waals surface area contributed by atoms with Gasteiger partial charge >= 0.3 is 6.18 Å². The van der Waals surface area contributed by atoms with Crippen LogP contribution in [0.4, 0.5) is 13.2 Å². The van der Waals surface area contributed by atoms with Crippen molar-refractivity contribution in [3.05, 3.63) is 18.0 Å². The summed E-state index contributed by atoms with van der Waals surface area (Å²) in [5.41, 5.74) is 1.01. The van der Waals surface area contributed by atoms with Crippen molar-refractivity contribution in [1.82, 2.24) is 25.3 Å². The largest absolute Gasteiger partial charge is 0.401 e. The Labute approximate surface area is 150 Å². The maximum atomic E-state index is 12.4. The van der Waals surface area contributed by atoms with E-state index in [9.17, 15) is 13.2 Å². The van der Waals surface area contributed by atoms with Crippen molar-refractivity contribution in [3.63, 3.8) is 0 Å². The third-order valence-corrected chi connectivity index (χ3v) is 3.46. The zero-order valence-corrected chi connectivity index (χ0v) is 15.4. The zero-order valence-electron chi connectivity index (χ0n) is 13.1. The summed E-state index contributed by atoms with van der Waals surface area (Å²) < 4.78 is 38.8. The number of hydrogen-bond acceptors (Lipinski definition) is 3. The van der Waals surface area contributed by atoms with Crippen molar-refractivity contribution >= 4 is 29.9 Å². The molecular weight excluding hydrogens is 424 g/mol. The highest BCUT2D eigenvalue weighted by atomic mass is 127. The standard InChI is InChI=1S/C13H21F3N6.HI/c1-17-12(18-5-10-6-19-21(2)7-10)20-11-3-4-22(8-11)9-13(14,15)16;/h6-7,11H,3-5,8-9H2,1-2H3,(H2,17,18,20);1H. The third kappa shape index (κ3) is 6.94. The van der Waals surface area contributed by atoms with Crippen molar-refractivity contribution in [3.8, 4) is 0 Å². The Balaban J connectivity index is 0.00000264. The van der Waals surface area contributed by atoms with E-state index in [2.05, 4.69) is 20.7 Å². The first-order valence-electron chi connectivity index (χ1n) is 7.09. The lowest BCUT2D eigenvalue weighted by Gasteiger charge is -2.19. The smallest absolute Gasteiger partial charge is 0.352 e. The second kappa shape index (κ2) is 8.71. The molecule has 1 unspecified atom stereocenters. The summed E-state index contributed by atoms with van der Waals surface area (Å²) in [7, 11) is 3.48. The van der Waals surface area contributed by atoms with Gasteiger partial charge < -0.3 is 10.6 Å². The van der Waals surface area contributed by atoms with Crippen LogP contribution in [0, 0.1) is 0 Å². The number of likely N-dealkylation sites (tertiary alicyclic amines) is 1. The van der Waals surface area contributed by atoms with Crippen LogP contribution in [0.25, 0.3) is 0 Å². The van der Waals surface area contributed by atoms with E-state index in [0.29, 0.717) is 32.0 Å². The average molecular weight is 446 g/mol. The van der Waals surface area contributed by atoms with Crippen LogP contribution in [0.2, 0.25) is 0 Å². The molecule has 0 aliphatic carbocycles. The molecule has 2 N–H and O–H groups in total. The van der Waals surface area contributed by atoms with Gasteiger partial charge in [-0.25, -0.2) is 0 Å². The number of aromatic nitrogens is 2. The number of halogens is 4. The first-order valence-corrected chi connectivity index (χ1v) is 7.09. The monoisotopic (exact) mass is 446 g/mol. The van der Waals surface area contributed by atoms with Gasteiger partial charge in [0.1, 0.15) is 0 Å². The number of guanidine groups is 1. The molecule has 2 heterocycles. The van der Waals surface area contributed by atoms with Crippen LogP contribution >= 0.6 is 24.0 Å². The summed E-state index contributed by atoms with van der Waals surface area (Å²) in [6, 6.07) is -0.0255. The average Bonchev–Trinajstić information content (AvgIpc) is 3.02. The summed E-state index contributed by atoms with van der Waals surface area (Å²) in [6.45, 7) is 0.517. The van der Waals surface area contributed by atoms with E-state index < -0.39 is 12.7 Å². The fraction of sp³-hybridized carbons (Fsp3) is 0.692. The molecule has 0 saturated carbocycles. The minimum atomic E-state index is -4.14. The number of aliphatic imine (C=N–C) groups is 1. The molecule has 1 aliphatic rings. The predicted molar refractivity (Wildman–Crippen MR) is 92.9 cm³/mol. The molecule has 23 heavy (non-hydrogen) atoms. The molecule has 0 bridgehead atoms. The molecule has 0 aromatic carbocycles. The van der Waals surface area contributed by atoms with Gasteiger partial charge in [-0.15, -0.1) is 24.0 Å². The molecule has 10 heteroatoms. The molecule has 0 amide bonds. The molecule has 0 spiro atoms. The van der Waals surface area contributed by atoms with Gasteiger partial charge in [-0.2, -0.15) is 18.3 Å². The van der Waals surface area contributed by atoms with E-state index >= 15 is 0 Å². The Morgan fingerprint density at radius 1 is 1.48 bits per heavy atom. The normalized spacial score (nSPS) is 19.5. The number of alkyl halides is 3. The number of aryl methyl sites for hydroxylation is 1. The molecular formula is C13H22F3IN6. The lowest BCUT2D eigenvalue weighted by molar-refractivity contribution is -0.143. The van der Waals surface area contributed by atoms with E-state index in [1.165, 1.54) is 4.90 Å². The Kier molecular flexibility index (Phi) is 7.58. The molecule has 1 atom stereocenters. The fourth-order valence-corrected chi connectivity index (χ4v) is 2.48. The van der Waals surface area contributed by atoms with Crippen LogP contribution in [0.1, 0.15) is 12.0 Å². The minimum absolute atomic E-state index is 0. The van der Waals surface area contributed by atoms with E-state index in [1.807, 2.05) is 13.2 Å². The summed E-state index contributed by atoms with van der Waals surface area (Å²) in [5.74, 6) is 0.586. The van der Waals surface area contributed by atoms with Gasteiger partial charge in [0.25, 0.3) is 0 Å². The van der Waals surface area contributed by atoms with Gasteiger partial charge in [-0.05, 0) is 6.42 Å². The summed E-state index contributed by atoms with van der Waals surface area (Å²) in [6.07, 6.45) is 0.167. The highest BCUT2D eigenvalue weighted by Gasteiger charge is 2.34. The van der Waals surface area contributed by atoms with Crippen molar-refractivity contribution in [2.24, 2.45) is 12.0 Å². The Morgan fingerprint density at radius 3 is 2.78 bits per heavy atom. The lowest BCUT2D eigenvalue weighted by Crippen LogP contribution is -2.44. The second-order valence-corrected chi connectivity index (χ2v) is 5.43. The topological polar surface area (TPSA) is 57.5 Å². The van der Waals surface area contributed by atoms with Crippen molar-refractivity contribution < 1.29 is 13.2 Å². The minimum Gasteiger partial charge on any atom is -0.352 e. The Hall–Kier alpha value is -1.04. The van der Waals surface area contributed by atoms with E-state index in [0.717, 1.165) is 5.56 Å². The molecule has 132 valence electrons. The van der Waals surface area contributed by atoms with Crippen LogP contribution in [-0.2, 0) is 13.6 Å². The molecule has 6 nitrogen and oxygen atoms in total. The van der Waals surface area contributed by atoms with Crippen LogP contribution in [-0.4, -0.2) is 59.5 Å². The summed E-state index contributed by atoms with van der Waals surface area (Å²) >= 11 is 0.